The van der Waals surface area contributed by atoms with Gasteiger partial charge in [-0.25, -0.2) is 4.98 Å². The molecule has 1 amide bonds. The maximum Gasteiger partial charge on any atom is 0.251 e. The minimum Gasteiger partial charge on any atom is -0.375 e. The Morgan fingerprint density at radius 1 is 1.47 bits per heavy atom. The normalized spacial score (nSPS) is 15.7. The van der Waals surface area contributed by atoms with Crippen molar-refractivity contribution < 1.29 is 4.79 Å². The Balaban J connectivity index is 1.84. The number of anilines is 1. The summed E-state index contributed by atoms with van der Waals surface area (Å²) >= 11 is 1.41. The van der Waals surface area contributed by atoms with Crippen molar-refractivity contribution in [3.05, 3.63) is 23.8 Å². The second-order valence-electron chi connectivity index (χ2n) is 5.68. The standard InChI is InChI=1S/C14H17N3OS/c1-14(2,9-4-5-9)17-12(18)8-3-6-10-11(7-8)19-13(15)16-10/h3,6-7,9H,4-5H2,1-2H3,(H2,15,16)(H,17,18). The van der Waals surface area contributed by atoms with Crippen LogP contribution in [0.3, 0.4) is 0 Å². The van der Waals surface area contributed by atoms with Crippen LogP contribution in [0.25, 0.3) is 10.2 Å². The molecule has 0 unspecified atom stereocenters. The Morgan fingerprint density at radius 3 is 2.89 bits per heavy atom. The largest absolute Gasteiger partial charge is 0.375 e. The van der Waals surface area contributed by atoms with E-state index in [4.69, 9.17) is 5.73 Å². The quantitative estimate of drug-likeness (QED) is 0.905. The van der Waals surface area contributed by atoms with Gasteiger partial charge in [0.2, 0.25) is 0 Å². The van der Waals surface area contributed by atoms with Gasteiger partial charge in [-0.2, -0.15) is 0 Å². The number of amides is 1. The van der Waals surface area contributed by atoms with Crippen LogP contribution in [-0.4, -0.2) is 16.4 Å². The molecule has 0 bridgehead atoms. The number of carbonyl (C=O) groups is 1. The van der Waals surface area contributed by atoms with Gasteiger partial charge in [0.25, 0.3) is 5.91 Å². The molecule has 1 aliphatic rings. The Hall–Kier alpha value is -1.62. The summed E-state index contributed by atoms with van der Waals surface area (Å²) in [5.41, 5.74) is 7.07. The van der Waals surface area contributed by atoms with Gasteiger partial charge in [0.1, 0.15) is 0 Å². The first-order chi connectivity index (χ1) is 8.95. The molecule has 0 aliphatic heterocycles. The SMILES string of the molecule is CC(C)(NC(=O)c1ccc2nc(N)sc2c1)C1CC1. The zero-order chi connectivity index (χ0) is 13.6. The number of carbonyl (C=O) groups excluding carboxylic acids is 1. The van der Waals surface area contributed by atoms with Crippen LogP contribution in [-0.2, 0) is 0 Å². The average molecular weight is 275 g/mol. The van der Waals surface area contributed by atoms with Gasteiger partial charge in [-0.15, -0.1) is 0 Å². The van der Waals surface area contributed by atoms with Crippen molar-refractivity contribution in [2.24, 2.45) is 5.92 Å². The second kappa shape index (κ2) is 4.20. The summed E-state index contributed by atoms with van der Waals surface area (Å²) in [5.74, 6) is 0.588. The molecule has 0 saturated heterocycles. The fraction of sp³-hybridized carbons (Fsp3) is 0.429. The van der Waals surface area contributed by atoms with Gasteiger partial charge in [0.05, 0.1) is 10.2 Å². The summed E-state index contributed by atoms with van der Waals surface area (Å²) in [6.07, 6.45) is 2.41. The van der Waals surface area contributed by atoms with Gasteiger partial charge < -0.3 is 11.1 Å². The predicted octanol–water partition coefficient (Wildman–Crippen LogP) is 2.80. The highest BCUT2D eigenvalue weighted by atomic mass is 32.1. The Morgan fingerprint density at radius 2 is 2.21 bits per heavy atom. The van der Waals surface area contributed by atoms with Crippen molar-refractivity contribution in [2.45, 2.75) is 32.2 Å². The second-order valence-corrected chi connectivity index (χ2v) is 6.75. The summed E-state index contributed by atoms with van der Waals surface area (Å²) in [6.45, 7) is 4.18. The maximum absolute atomic E-state index is 12.3. The van der Waals surface area contributed by atoms with Crippen molar-refractivity contribution in [2.75, 3.05) is 5.73 Å². The van der Waals surface area contributed by atoms with E-state index in [2.05, 4.69) is 24.1 Å². The molecule has 1 fully saturated rings. The Bertz CT molecular complexity index is 643. The third-order valence-electron chi connectivity index (χ3n) is 3.70. The maximum atomic E-state index is 12.3. The summed E-state index contributed by atoms with van der Waals surface area (Å²) in [6, 6.07) is 5.52. The molecule has 4 nitrogen and oxygen atoms in total. The topological polar surface area (TPSA) is 68.0 Å². The van der Waals surface area contributed by atoms with Gasteiger partial charge in [-0.05, 0) is 50.8 Å². The smallest absolute Gasteiger partial charge is 0.251 e. The van der Waals surface area contributed by atoms with Crippen LogP contribution in [0, 0.1) is 5.92 Å². The molecule has 1 saturated carbocycles. The molecule has 19 heavy (non-hydrogen) atoms. The van der Waals surface area contributed by atoms with Crippen LogP contribution in [0.1, 0.15) is 37.0 Å². The molecule has 0 radical (unpaired) electrons. The lowest BCUT2D eigenvalue weighted by atomic mass is 9.98. The number of nitrogen functional groups attached to an aromatic ring is 1. The van der Waals surface area contributed by atoms with Crippen LogP contribution in [0.5, 0.6) is 0 Å². The molecule has 0 spiro atoms. The minimum absolute atomic E-state index is 0.0224. The minimum atomic E-state index is -0.126. The van der Waals surface area contributed by atoms with Gasteiger partial charge in [-0.1, -0.05) is 11.3 Å². The molecule has 100 valence electrons. The number of rotatable bonds is 3. The zero-order valence-electron chi connectivity index (χ0n) is 11.1. The van der Waals surface area contributed by atoms with Gasteiger partial charge in [0, 0.05) is 11.1 Å². The summed E-state index contributed by atoms with van der Waals surface area (Å²) in [7, 11) is 0. The summed E-state index contributed by atoms with van der Waals surface area (Å²) < 4.78 is 0.953. The number of benzene rings is 1. The summed E-state index contributed by atoms with van der Waals surface area (Å²) in [5, 5.41) is 3.65. The number of hydrogen-bond acceptors (Lipinski definition) is 4. The van der Waals surface area contributed by atoms with Crippen molar-refractivity contribution in [1.82, 2.24) is 10.3 Å². The predicted molar refractivity (Wildman–Crippen MR) is 78.3 cm³/mol. The molecular formula is C14H17N3OS. The third kappa shape index (κ3) is 2.42. The van der Waals surface area contributed by atoms with Crippen molar-refractivity contribution in [3.63, 3.8) is 0 Å². The average Bonchev–Trinajstić information content (AvgIpc) is 3.10. The third-order valence-corrected chi connectivity index (χ3v) is 4.55. The highest BCUT2D eigenvalue weighted by Crippen LogP contribution is 2.39. The Labute approximate surface area is 116 Å². The van der Waals surface area contributed by atoms with E-state index in [9.17, 15) is 4.79 Å². The van der Waals surface area contributed by atoms with Gasteiger partial charge in [0.15, 0.2) is 5.13 Å². The molecule has 1 heterocycles. The first kappa shape index (κ1) is 12.4. The first-order valence-electron chi connectivity index (χ1n) is 6.44. The molecule has 1 aromatic heterocycles. The summed E-state index contributed by atoms with van der Waals surface area (Å²) in [4.78, 5) is 16.5. The number of hydrogen-bond donors (Lipinski definition) is 2. The number of nitrogens with one attached hydrogen (secondary N) is 1. The molecule has 3 N–H and O–H groups in total. The van der Waals surface area contributed by atoms with Gasteiger partial charge >= 0.3 is 0 Å². The molecule has 2 aromatic rings. The van der Waals surface area contributed by atoms with Crippen LogP contribution in [0.4, 0.5) is 5.13 Å². The lowest BCUT2D eigenvalue weighted by Crippen LogP contribution is -2.45. The molecule has 1 aliphatic carbocycles. The fourth-order valence-electron chi connectivity index (χ4n) is 2.36. The van der Waals surface area contributed by atoms with E-state index < -0.39 is 0 Å². The first-order valence-corrected chi connectivity index (χ1v) is 7.26. The molecule has 3 rings (SSSR count). The highest BCUT2D eigenvalue weighted by molar-refractivity contribution is 7.22. The van der Waals surface area contributed by atoms with E-state index in [0.29, 0.717) is 16.6 Å². The molecule has 0 atom stereocenters. The van der Waals surface area contributed by atoms with Crippen molar-refractivity contribution >= 4 is 32.6 Å². The molecular weight excluding hydrogens is 258 g/mol. The number of thiazole rings is 1. The van der Waals surface area contributed by atoms with E-state index in [1.807, 2.05) is 12.1 Å². The van der Waals surface area contributed by atoms with Gasteiger partial charge in [-0.3, -0.25) is 4.79 Å². The van der Waals surface area contributed by atoms with Crippen LogP contribution < -0.4 is 11.1 Å². The lowest BCUT2D eigenvalue weighted by molar-refractivity contribution is 0.0903. The number of fused-ring (bicyclic) bond motifs is 1. The van der Waals surface area contributed by atoms with E-state index in [-0.39, 0.29) is 11.4 Å². The van der Waals surface area contributed by atoms with Crippen LogP contribution in [0.15, 0.2) is 18.2 Å². The molecule has 5 heteroatoms. The van der Waals surface area contributed by atoms with E-state index in [0.717, 1.165) is 10.2 Å². The van der Waals surface area contributed by atoms with E-state index >= 15 is 0 Å². The lowest BCUT2D eigenvalue weighted by Gasteiger charge is -2.26. The molecule has 1 aromatic carbocycles. The van der Waals surface area contributed by atoms with E-state index in [1.54, 1.807) is 6.07 Å². The van der Waals surface area contributed by atoms with Crippen molar-refractivity contribution in [1.29, 1.82) is 0 Å². The number of aromatic nitrogens is 1. The Kier molecular flexibility index (Phi) is 2.74. The number of nitrogens with zero attached hydrogens (tertiary/aromatic N) is 1. The van der Waals surface area contributed by atoms with Crippen LogP contribution >= 0.6 is 11.3 Å². The zero-order valence-corrected chi connectivity index (χ0v) is 11.9. The van der Waals surface area contributed by atoms with Crippen LogP contribution in [0.2, 0.25) is 0 Å². The van der Waals surface area contributed by atoms with Crippen molar-refractivity contribution in [3.8, 4) is 0 Å². The highest BCUT2D eigenvalue weighted by Gasteiger charge is 2.38. The number of nitrogens with two attached hydrogens (primary N) is 1. The van der Waals surface area contributed by atoms with E-state index in [1.165, 1.54) is 24.2 Å². The monoisotopic (exact) mass is 275 g/mol. The fourth-order valence-corrected chi connectivity index (χ4v) is 3.13.